The average Bonchev–Trinajstić information content (AvgIpc) is 3.13. The molecule has 1 aromatic carbocycles. The minimum absolute atomic E-state index is 0.00923. The second-order valence-electron chi connectivity index (χ2n) is 5.23. The number of rotatable bonds is 5. The third-order valence-electron chi connectivity index (χ3n) is 3.34. The lowest BCUT2D eigenvalue weighted by Gasteiger charge is -2.10. The number of benzene rings is 1. The summed E-state index contributed by atoms with van der Waals surface area (Å²) in [5.41, 5.74) is -0.566. The smallest absolute Gasteiger partial charge is 0.416 e. The van der Waals surface area contributed by atoms with Gasteiger partial charge in [-0.25, -0.2) is 9.97 Å². The van der Waals surface area contributed by atoms with Crippen molar-refractivity contribution in [3.05, 3.63) is 71.9 Å². The van der Waals surface area contributed by atoms with Crippen molar-refractivity contribution < 1.29 is 22.4 Å². The van der Waals surface area contributed by atoms with Crippen LogP contribution in [-0.2, 0) is 12.7 Å². The first-order valence-electron chi connectivity index (χ1n) is 7.50. The summed E-state index contributed by atoms with van der Waals surface area (Å²) in [6, 6.07) is 9.42. The number of carbonyl (C=O) groups is 1. The molecule has 0 aliphatic carbocycles. The molecule has 134 valence electrons. The Kier molecular flexibility index (Phi) is 4.87. The second kappa shape index (κ2) is 7.26. The number of hydrogen-bond acceptors (Lipinski definition) is 5. The number of nitrogens with zero attached hydrogens (tertiary/aromatic N) is 2. The van der Waals surface area contributed by atoms with Crippen LogP contribution in [0.15, 0.2) is 59.3 Å². The van der Waals surface area contributed by atoms with Gasteiger partial charge >= 0.3 is 6.18 Å². The first kappa shape index (κ1) is 17.5. The normalized spacial score (nSPS) is 11.2. The molecule has 3 aromatic rings. The van der Waals surface area contributed by atoms with Crippen molar-refractivity contribution in [2.75, 3.05) is 5.32 Å². The van der Waals surface area contributed by atoms with Crippen molar-refractivity contribution in [1.29, 1.82) is 0 Å². The van der Waals surface area contributed by atoms with E-state index in [0.717, 1.165) is 12.1 Å². The zero-order valence-electron chi connectivity index (χ0n) is 13.2. The van der Waals surface area contributed by atoms with Crippen molar-refractivity contribution in [3.63, 3.8) is 0 Å². The van der Waals surface area contributed by atoms with E-state index in [9.17, 15) is 18.0 Å². The van der Waals surface area contributed by atoms with E-state index in [1.54, 1.807) is 12.1 Å². The van der Waals surface area contributed by atoms with Crippen molar-refractivity contribution in [3.8, 4) is 0 Å². The molecule has 2 N–H and O–H groups in total. The first-order valence-corrected chi connectivity index (χ1v) is 7.50. The van der Waals surface area contributed by atoms with Gasteiger partial charge in [-0.3, -0.25) is 4.79 Å². The topological polar surface area (TPSA) is 80.0 Å². The largest absolute Gasteiger partial charge is 0.467 e. The number of carbonyl (C=O) groups excluding carboxylic acids is 1. The summed E-state index contributed by atoms with van der Waals surface area (Å²) in [4.78, 5) is 20.0. The van der Waals surface area contributed by atoms with Gasteiger partial charge in [0.1, 0.15) is 11.5 Å². The Balaban J connectivity index is 1.70. The minimum Gasteiger partial charge on any atom is -0.467 e. The number of furan rings is 1. The Hall–Kier alpha value is -3.36. The highest BCUT2D eigenvalue weighted by Gasteiger charge is 2.30. The molecule has 1 amide bonds. The van der Waals surface area contributed by atoms with Gasteiger partial charge in [-0.05, 0) is 36.4 Å². The van der Waals surface area contributed by atoms with Crippen LogP contribution < -0.4 is 10.6 Å². The fourth-order valence-electron chi connectivity index (χ4n) is 2.12. The molecule has 2 heterocycles. The van der Waals surface area contributed by atoms with Crippen LogP contribution in [-0.4, -0.2) is 15.9 Å². The zero-order valence-corrected chi connectivity index (χ0v) is 13.2. The maximum absolute atomic E-state index is 12.8. The lowest BCUT2D eigenvalue weighted by atomic mass is 10.2. The van der Waals surface area contributed by atoms with Crippen LogP contribution in [0.4, 0.5) is 24.8 Å². The number of anilines is 2. The van der Waals surface area contributed by atoms with E-state index in [-0.39, 0.29) is 23.9 Å². The second-order valence-corrected chi connectivity index (χ2v) is 5.23. The predicted octanol–water partition coefficient (Wildman–Crippen LogP) is 3.76. The highest BCUT2D eigenvalue weighted by molar-refractivity contribution is 5.92. The molecule has 26 heavy (non-hydrogen) atoms. The molecule has 3 rings (SSSR count). The van der Waals surface area contributed by atoms with Crippen LogP contribution >= 0.6 is 0 Å². The molecule has 9 heteroatoms. The van der Waals surface area contributed by atoms with Crippen molar-refractivity contribution in [1.82, 2.24) is 15.3 Å². The number of halogens is 3. The first-order chi connectivity index (χ1) is 12.4. The number of amides is 1. The van der Waals surface area contributed by atoms with Crippen LogP contribution in [0.2, 0.25) is 0 Å². The van der Waals surface area contributed by atoms with Gasteiger partial charge in [0.2, 0.25) is 5.95 Å². The van der Waals surface area contributed by atoms with Crippen molar-refractivity contribution in [2.24, 2.45) is 0 Å². The lowest BCUT2D eigenvalue weighted by Crippen LogP contribution is -2.24. The van der Waals surface area contributed by atoms with Gasteiger partial charge in [0.15, 0.2) is 0 Å². The average molecular weight is 362 g/mol. The Morgan fingerprint density at radius 3 is 2.73 bits per heavy atom. The SMILES string of the molecule is O=C(NCc1ccco1)c1ccnc(Nc2cccc(C(F)(F)F)c2)n1. The molecular weight excluding hydrogens is 349 g/mol. The Morgan fingerprint density at radius 2 is 2.00 bits per heavy atom. The van der Waals surface area contributed by atoms with Crippen LogP contribution in [0.5, 0.6) is 0 Å². The monoisotopic (exact) mass is 362 g/mol. The van der Waals surface area contributed by atoms with E-state index in [2.05, 4.69) is 20.6 Å². The van der Waals surface area contributed by atoms with Gasteiger partial charge in [-0.15, -0.1) is 0 Å². The Labute approximate surface area is 146 Å². The van der Waals surface area contributed by atoms with E-state index >= 15 is 0 Å². The molecule has 0 unspecified atom stereocenters. The van der Waals surface area contributed by atoms with Crippen LogP contribution in [0.1, 0.15) is 21.8 Å². The summed E-state index contributed by atoms with van der Waals surface area (Å²) in [5, 5.41) is 5.28. The van der Waals surface area contributed by atoms with Crippen LogP contribution in [0, 0.1) is 0 Å². The van der Waals surface area contributed by atoms with Crippen LogP contribution in [0.25, 0.3) is 0 Å². The summed E-state index contributed by atoms with van der Waals surface area (Å²) in [7, 11) is 0. The zero-order chi connectivity index (χ0) is 18.6. The molecule has 2 aromatic heterocycles. The van der Waals surface area contributed by atoms with E-state index in [1.165, 1.54) is 30.7 Å². The van der Waals surface area contributed by atoms with Gasteiger partial charge in [0, 0.05) is 11.9 Å². The highest BCUT2D eigenvalue weighted by atomic mass is 19.4. The molecule has 0 spiro atoms. The molecule has 0 saturated carbocycles. The van der Waals surface area contributed by atoms with Gasteiger partial charge in [0.25, 0.3) is 5.91 Å². The third kappa shape index (κ3) is 4.38. The molecule has 0 aliphatic heterocycles. The Morgan fingerprint density at radius 1 is 1.15 bits per heavy atom. The Bertz CT molecular complexity index is 895. The summed E-state index contributed by atoms with van der Waals surface area (Å²) in [6.45, 7) is 0.187. The predicted molar refractivity (Wildman–Crippen MR) is 86.6 cm³/mol. The van der Waals surface area contributed by atoms with Crippen molar-refractivity contribution >= 4 is 17.5 Å². The molecule has 0 aliphatic rings. The highest BCUT2D eigenvalue weighted by Crippen LogP contribution is 2.31. The maximum atomic E-state index is 12.8. The molecule has 0 bridgehead atoms. The molecule has 0 radical (unpaired) electrons. The lowest BCUT2D eigenvalue weighted by molar-refractivity contribution is -0.137. The number of nitrogens with one attached hydrogen (secondary N) is 2. The molecule has 0 atom stereocenters. The van der Waals surface area contributed by atoms with Gasteiger partial charge in [0.05, 0.1) is 18.4 Å². The number of alkyl halides is 3. The molecular formula is C17H13F3N4O2. The summed E-state index contributed by atoms with van der Waals surface area (Å²) < 4.78 is 43.4. The fraction of sp³-hybridized carbons (Fsp3) is 0.118. The minimum atomic E-state index is -4.45. The maximum Gasteiger partial charge on any atom is 0.416 e. The van der Waals surface area contributed by atoms with Crippen LogP contribution in [0.3, 0.4) is 0 Å². The molecule has 0 fully saturated rings. The number of hydrogen-bond donors (Lipinski definition) is 2. The number of aromatic nitrogens is 2. The van der Waals surface area contributed by atoms with E-state index < -0.39 is 17.6 Å². The van der Waals surface area contributed by atoms with E-state index in [4.69, 9.17) is 4.42 Å². The van der Waals surface area contributed by atoms with Crippen molar-refractivity contribution in [2.45, 2.75) is 12.7 Å². The van der Waals surface area contributed by atoms with Gasteiger partial charge in [-0.1, -0.05) is 6.07 Å². The fourth-order valence-corrected chi connectivity index (χ4v) is 2.12. The summed E-state index contributed by atoms with van der Waals surface area (Å²) >= 11 is 0. The van der Waals surface area contributed by atoms with E-state index in [1.807, 2.05) is 0 Å². The summed E-state index contributed by atoms with van der Waals surface area (Å²) in [6.07, 6.45) is -1.62. The molecule has 6 nitrogen and oxygen atoms in total. The van der Waals surface area contributed by atoms with Gasteiger partial charge in [-0.2, -0.15) is 13.2 Å². The molecule has 0 saturated heterocycles. The third-order valence-corrected chi connectivity index (χ3v) is 3.34. The summed E-state index contributed by atoms with van der Waals surface area (Å²) in [5.74, 6) is 0.126. The standard InChI is InChI=1S/C17H13F3N4O2/c18-17(19,20)11-3-1-4-12(9-11)23-16-21-7-6-14(24-16)15(25)22-10-13-5-2-8-26-13/h1-9H,10H2,(H,22,25)(H,21,23,24). The van der Waals surface area contributed by atoms with Gasteiger partial charge < -0.3 is 15.1 Å². The van der Waals surface area contributed by atoms with E-state index in [0.29, 0.717) is 5.76 Å². The quantitative estimate of drug-likeness (QED) is 0.722.